The first-order valence-electron chi connectivity index (χ1n) is 10.1. The smallest absolute Gasteiger partial charge is 0.543 e. The third-order valence-electron chi connectivity index (χ3n) is 4.39. The largest absolute Gasteiger partial charge is 2.00 e. The van der Waals surface area contributed by atoms with Crippen molar-refractivity contribution < 1.29 is 89.9 Å². The monoisotopic (exact) mass is 582 g/mol. The Morgan fingerprint density at radius 1 is 0.692 bits per heavy atom. The van der Waals surface area contributed by atoms with E-state index in [0.29, 0.717) is 0 Å². The summed E-state index contributed by atoms with van der Waals surface area (Å²) in [5, 5.41) is 113. The van der Waals surface area contributed by atoms with Gasteiger partial charge in [-0.15, -0.1) is 0 Å². The second kappa shape index (κ2) is 17.4. The summed E-state index contributed by atoms with van der Waals surface area (Å²) >= 11 is 0. The quantitative estimate of drug-likeness (QED) is 0.0393. The summed E-state index contributed by atoms with van der Waals surface area (Å²) in [5.41, 5.74) is -0.576. The van der Waals surface area contributed by atoms with Crippen LogP contribution in [-0.4, -0.2) is 159 Å². The predicted molar refractivity (Wildman–Crippen MR) is 118 cm³/mol. The first kappa shape index (κ1) is 41.2. The third-order valence-corrected chi connectivity index (χ3v) is 4.39. The molecule has 0 aliphatic carbocycles. The summed E-state index contributed by atoms with van der Waals surface area (Å²) in [5.74, 6) is -14.8. The standard InChI is InChI=1S/2C10H16O9.Mg/c2*1-4(2)8(15)19-10(18,9(16)17)7(14)6(13)5(12)3-11;/h2*5-7,11-14,18H,1,3H2,2H3,(H,16,17);/q;;+2/p-2/t2*5-,6-,7+,10+;/m11./s1. The molecule has 0 saturated heterocycles. The van der Waals surface area contributed by atoms with Crippen LogP contribution >= 0.6 is 0 Å². The average molecular weight is 583 g/mol. The predicted octanol–water partition coefficient (Wildman–Crippen LogP) is -9.14. The van der Waals surface area contributed by atoms with Crippen LogP contribution in [0.25, 0.3) is 0 Å². The van der Waals surface area contributed by atoms with Gasteiger partial charge in [0.1, 0.15) is 36.4 Å². The molecule has 0 aromatic carbocycles. The number of carbonyl (C=O) groups is 4. The molecule has 220 valence electrons. The Bertz CT molecular complexity index is 809. The molecular weight excluding hydrogens is 553 g/mol. The fraction of sp³-hybridized carbons (Fsp3) is 0.600. The molecule has 18 nitrogen and oxygen atoms in total. The summed E-state index contributed by atoms with van der Waals surface area (Å²) in [6, 6.07) is 0. The minimum absolute atomic E-state index is 0. The van der Waals surface area contributed by atoms with Crippen LogP contribution in [-0.2, 0) is 28.7 Å². The number of ether oxygens (including phenoxy) is 2. The maximum atomic E-state index is 11.2. The number of carboxylic acid groups (broad SMARTS) is 2. The van der Waals surface area contributed by atoms with E-state index in [0.717, 1.165) is 13.8 Å². The van der Waals surface area contributed by atoms with Gasteiger partial charge in [0, 0.05) is 11.1 Å². The van der Waals surface area contributed by atoms with Crippen LogP contribution in [0.15, 0.2) is 24.3 Å². The molecule has 0 heterocycles. The second-order valence-corrected chi connectivity index (χ2v) is 7.68. The van der Waals surface area contributed by atoms with Crippen molar-refractivity contribution in [1.82, 2.24) is 0 Å². The Balaban J connectivity index is -0.000000648. The summed E-state index contributed by atoms with van der Waals surface area (Å²) in [6.07, 6.45) is -13.8. The van der Waals surface area contributed by atoms with E-state index in [1.165, 1.54) is 0 Å². The third kappa shape index (κ3) is 11.4. The molecule has 10 N–H and O–H groups in total. The van der Waals surface area contributed by atoms with Crippen molar-refractivity contribution in [3.05, 3.63) is 24.3 Å². The Morgan fingerprint density at radius 3 is 1.08 bits per heavy atom. The summed E-state index contributed by atoms with van der Waals surface area (Å²) < 4.78 is 8.18. The van der Waals surface area contributed by atoms with Gasteiger partial charge >= 0.3 is 35.0 Å². The van der Waals surface area contributed by atoms with Gasteiger partial charge in [-0.05, 0) is 13.8 Å². The molecule has 0 spiro atoms. The maximum absolute atomic E-state index is 11.2. The number of aliphatic carboxylic acids is 2. The fourth-order valence-corrected chi connectivity index (χ4v) is 2.00. The van der Waals surface area contributed by atoms with Crippen LogP contribution in [0, 0.1) is 0 Å². The molecule has 0 aromatic rings. The van der Waals surface area contributed by atoms with E-state index >= 15 is 0 Å². The zero-order valence-corrected chi connectivity index (χ0v) is 22.2. The summed E-state index contributed by atoms with van der Waals surface area (Å²) in [7, 11) is 0. The normalized spacial score (nSPS) is 18.4. The van der Waals surface area contributed by atoms with Crippen LogP contribution in [0.4, 0.5) is 0 Å². The molecule has 0 aliphatic heterocycles. The molecule has 0 unspecified atom stereocenters. The Labute approximate surface area is 236 Å². The molecule has 0 rings (SSSR count). The van der Waals surface area contributed by atoms with Gasteiger partial charge in [0.15, 0.2) is 12.2 Å². The molecule has 0 aromatic heterocycles. The van der Waals surface area contributed by atoms with Crippen LogP contribution in [0.5, 0.6) is 0 Å². The average Bonchev–Trinajstić information content (AvgIpc) is 2.85. The molecule has 0 saturated carbocycles. The van der Waals surface area contributed by atoms with Crippen molar-refractivity contribution in [3.8, 4) is 0 Å². The van der Waals surface area contributed by atoms with Gasteiger partial charge in [0.05, 0.1) is 13.2 Å². The van der Waals surface area contributed by atoms with Crippen LogP contribution in [0.3, 0.4) is 0 Å². The Morgan fingerprint density at radius 2 is 0.923 bits per heavy atom. The number of aliphatic hydroxyl groups is 10. The van der Waals surface area contributed by atoms with Gasteiger partial charge in [-0.1, -0.05) is 13.2 Å². The maximum Gasteiger partial charge on any atom is 2.00 e. The van der Waals surface area contributed by atoms with E-state index in [9.17, 15) is 60.0 Å². The molecule has 8 atom stereocenters. The molecule has 0 aliphatic rings. The van der Waals surface area contributed by atoms with Crippen molar-refractivity contribution in [1.29, 1.82) is 0 Å². The molecule has 0 amide bonds. The number of esters is 2. The first-order valence-corrected chi connectivity index (χ1v) is 10.1. The van der Waals surface area contributed by atoms with E-state index in [1.54, 1.807) is 0 Å². The van der Waals surface area contributed by atoms with Crippen molar-refractivity contribution in [2.24, 2.45) is 0 Å². The van der Waals surface area contributed by atoms with E-state index in [-0.39, 0.29) is 34.2 Å². The van der Waals surface area contributed by atoms with Crippen molar-refractivity contribution in [3.63, 3.8) is 0 Å². The number of carbonyl (C=O) groups excluding carboxylic acids is 4. The van der Waals surface area contributed by atoms with Gasteiger partial charge in [-0.3, -0.25) is 0 Å². The molecule has 39 heavy (non-hydrogen) atoms. The first-order chi connectivity index (χ1) is 17.1. The van der Waals surface area contributed by atoms with Crippen LogP contribution in [0.2, 0.25) is 0 Å². The molecule has 0 bridgehead atoms. The van der Waals surface area contributed by atoms with E-state index in [4.69, 9.17) is 20.4 Å². The minimum atomic E-state index is -3.61. The number of carboxylic acids is 2. The minimum Gasteiger partial charge on any atom is -0.543 e. The van der Waals surface area contributed by atoms with E-state index < -0.39 is 85.3 Å². The summed E-state index contributed by atoms with van der Waals surface area (Å²) in [4.78, 5) is 43.8. The number of hydrogen-bond acceptors (Lipinski definition) is 18. The molecular formula is C20H30MgO18. The van der Waals surface area contributed by atoms with Crippen molar-refractivity contribution >= 4 is 46.9 Å². The Hall–Kier alpha value is -2.27. The summed E-state index contributed by atoms with van der Waals surface area (Å²) in [6.45, 7) is 6.46. The number of hydrogen-bond donors (Lipinski definition) is 10. The zero-order valence-electron chi connectivity index (χ0n) is 20.7. The Kier molecular flexibility index (Phi) is 18.4. The van der Waals surface area contributed by atoms with Gasteiger partial charge < -0.3 is 80.3 Å². The van der Waals surface area contributed by atoms with Crippen molar-refractivity contribution in [2.75, 3.05) is 13.2 Å². The van der Waals surface area contributed by atoms with E-state index in [1.807, 2.05) is 0 Å². The topological polar surface area (TPSA) is 335 Å². The van der Waals surface area contributed by atoms with Gasteiger partial charge in [0.25, 0.3) is 11.6 Å². The molecule has 0 fully saturated rings. The second-order valence-electron chi connectivity index (χ2n) is 7.68. The zero-order chi connectivity index (χ0) is 30.8. The van der Waals surface area contributed by atoms with Gasteiger partial charge in [0.2, 0.25) is 0 Å². The SMILES string of the molecule is C=C(C)C(=O)O[C@](O)(C(=O)[O-])[C@@H](O)[C@H](O)[C@H](O)CO.C=C(C)C(=O)O[C@](O)(C(=O)[O-])[C@@H](O)[C@H](O)[C@H](O)CO.[Mg+2]. The van der Waals surface area contributed by atoms with E-state index in [2.05, 4.69) is 22.6 Å². The molecule has 19 heteroatoms. The number of aliphatic hydroxyl groups excluding tert-OH is 8. The van der Waals surface area contributed by atoms with Gasteiger partial charge in [-0.25, -0.2) is 9.59 Å². The van der Waals surface area contributed by atoms with Crippen LogP contribution in [0.1, 0.15) is 13.8 Å². The van der Waals surface area contributed by atoms with Gasteiger partial charge in [-0.2, -0.15) is 0 Å². The fourth-order valence-electron chi connectivity index (χ4n) is 2.00. The van der Waals surface area contributed by atoms with Crippen LogP contribution < -0.4 is 10.2 Å². The number of rotatable bonds is 14. The van der Waals surface area contributed by atoms with Crippen molar-refractivity contribution in [2.45, 2.75) is 62.0 Å². The molecule has 0 radical (unpaired) electrons.